The summed E-state index contributed by atoms with van der Waals surface area (Å²) in [5.74, 6) is 0.539. The third-order valence-corrected chi connectivity index (χ3v) is 2.93. The van der Waals surface area contributed by atoms with Crippen LogP contribution in [0.4, 0.5) is 11.5 Å². The molecule has 0 aliphatic rings. The molecule has 0 fully saturated rings. The van der Waals surface area contributed by atoms with Crippen LogP contribution in [0.3, 0.4) is 0 Å². The summed E-state index contributed by atoms with van der Waals surface area (Å²) in [7, 11) is 1.60. The zero-order valence-electron chi connectivity index (χ0n) is 11.7. The number of nitriles is 1. The van der Waals surface area contributed by atoms with E-state index in [2.05, 4.69) is 10.3 Å². The third-order valence-electron chi connectivity index (χ3n) is 2.93. The lowest BCUT2D eigenvalue weighted by Gasteiger charge is -2.14. The van der Waals surface area contributed by atoms with Gasteiger partial charge in [-0.2, -0.15) is 5.26 Å². The molecule has 1 heterocycles. The summed E-state index contributed by atoms with van der Waals surface area (Å²) >= 11 is 0. The lowest BCUT2D eigenvalue weighted by atomic mass is 10.1. The van der Waals surface area contributed by atoms with Gasteiger partial charge in [-0.25, -0.2) is 4.98 Å². The van der Waals surface area contributed by atoms with E-state index in [0.29, 0.717) is 28.9 Å². The number of aromatic nitrogens is 1. The number of fused-ring (bicyclic) bond motifs is 1. The van der Waals surface area contributed by atoms with Crippen molar-refractivity contribution in [1.82, 2.24) is 4.98 Å². The first-order valence-electron chi connectivity index (χ1n) is 6.30. The third kappa shape index (κ3) is 3.24. The number of non-ortho nitro benzene ring substituents is 1. The fourth-order valence-corrected chi connectivity index (χ4v) is 2.04. The van der Waals surface area contributed by atoms with Crippen LogP contribution in [0.25, 0.3) is 10.9 Å². The Kier molecular flexibility index (Phi) is 4.30. The molecular weight excluding hydrogens is 272 g/mol. The summed E-state index contributed by atoms with van der Waals surface area (Å²) in [6.45, 7) is 2.43. The molecule has 0 amide bonds. The molecule has 0 radical (unpaired) electrons. The monoisotopic (exact) mass is 286 g/mol. The first kappa shape index (κ1) is 14.7. The number of nitrogens with zero attached hydrogens (tertiary/aromatic N) is 3. The molecule has 0 saturated carbocycles. The summed E-state index contributed by atoms with van der Waals surface area (Å²) in [4.78, 5) is 14.7. The molecule has 1 aromatic carbocycles. The minimum atomic E-state index is -0.493. The maximum atomic E-state index is 10.8. The van der Waals surface area contributed by atoms with Gasteiger partial charge in [-0.1, -0.05) is 0 Å². The molecule has 0 saturated heterocycles. The van der Waals surface area contributed by atoms with E-state index in [1.165, 1.54) is 12.1 Å². The van der Waals surface area contributed by atoms with Gasteiger partial charge in [-0.05, 0) is 19.1 Å². The van der Waals surface area contributed by atoms with Crippen molar-refractivity contribution in [3.63, 3.8) is 0 Å². The van der Waals surface area contributed by atoms with E-state index in [0.717, 1.165) is 0 Å². The van der Waals surface area contributed by atoms with Crippen molar-refractivity contribution in [1.29, 1.82) is 5.26 Å². The van der Waals surface area contributed by atoms with Crippen LogP contribution in [0.15, 0.2) is 24.3 Å². The Morgan fingerprint density at radius 3 is 2.90 bits per heavy atom. The predicted octanol–water partition coefficient (Wildman–Crippen LogP) is 2.46. The average Bonchev–Trinajstić information content (AvgIpc) is 2.45. The number of anilines is 1. The van der Waals surface area contributed by atoms with Crippen LogP contribution in [-0.4, -0.2) is 29.7 Å². The standard InChI is InChI=1S/C14H14N4O3/c1-9(8-21-2)16-14-5-10(7-15)12-6-11(18(19)20)3-4-13(12)17-14/h3-6,9H,8H2,1-2H3,(H,16,17). The van der Waals surface area contributed by atoms with Crippen molar-refractivity contribution >= 4 is 22.4 Å². The van der Waals surface area contributed by atoms with Gasteiger partial charge in [-0.3, -0.25) is 10.1 Å². The van der Waals surface area contributed by atoms with Crippen molar-refractivity contribution in [3.8, 4) is 6.07 Å². The number of rotatable bonds is 5. The van der Waals surface area contributed by atoms with Gasteiger partial charge in [0, 0.05) is 30.7 Å². The maximum absolute atomic E-state index is 10.8. The Bertz CT molecular complexity index is 724. The summed E-state index contributed by atoms with van der Waals surface area (Å²) in [5, 5.41) is 23.6. The van der Waals surface area contributed by atoms with Gasteiger partial charge < -0.3 is 10.1 Å². The lowest BCUT2D eigenvalue weighted by molar-refractivity contribution is -0.384. The summed E-state index contributed by atoms with van der Waals surface area (Å²) < 4.78 is 5.03. The number of methoxy groups -OCH3 is 1. The lowest BCUT2D eigenvalue weighted by Crippen LogP contribution is -2.21. The quantitative estimate of drug-likeness (QED) is 0.669. The van der Waals surface area contributed by atoms with E-state index in [1.54, 1.807) is 19.2 Å². The molecule has 108 valence electrons. The van der Waals surface area contributed by atoms with Crippen LogP contribution in [0, 0.1) is 21.4 Å². The molecule has 1 atom stereocenters. The van der Waals surface area contributed by atoms with Crippen molar-refractivity contribution in [2.75, 3.05) is 19.0 Å². The second kappa shape index (κ2) is 6.15. The zero-order chi connectivity index (χ0) is 15.4. The number of hydrogen-bond donors (Lipinski definition) is 1. The Morgan fingerprint density at radius 2 is 2.29 bits per heavy atom. The first-order valence-corrected chi connectivity index (χ1v) is 6.30. The maximum Gasteiger partial charge on any atom is 0.270 e. The van der Waals surface area contributed by atoms with Crippen molar-refractivity contribution in [2.24, 2.45) is 0 Å². The number of benzene rings is 1. The zero-order valence-corrected chi connectivity index (χ0v) is 11.7. The number of pyridine rings is 1. The van der Waals surface area contributed by atoms with Crippen LogP contribution in [0.5, 0.6) is 0 Å². The molecule has 0 spiro atoms. The Hall–Kier alpha value is -2.72. The number of hydrogen-bond acceptors (Lipinski definition) is 6. The molecule has 2 aromatic rings. The highest BCUT2D eigenvalue weighted by molar-refractivity contribution is 5.88. The van der Waals surface area contributed by atoms with Crippen LogP contribution < -0.4 is 5.32 Å². The highest BCUT2D eigenvalue weighted by Gasteiger charge is 2.12. The van der Waals surface area contributed by atoms with E-state index in [1.807, 2.05) is 13.0 Å². The summed E-state index contributed by atoms with van der Waals surface area (Å²) in [5.41, 5.74) is 0.817. The molecule has 1 N–H and O–H groups in total. The van der Waals surface area contributed by atoms with Gasteiger partial charge in [0.15, 0.2) is 0 Å². The molecule has 1 unspecified atom stereocenters. The largest absolute Gasteiger partial charge is 0.383 e. The van der Waals surface area contributed by atoms with Crippen LogP contribution in [0.2, 0.25) is 0 Å². The second-order valence-electron chi connectivity index (χ2n) is 4.63. The topological polar surface area (TPSA) is 101 Å². The minimum absolute atomic E-state index is 0.0320. The highest BCUT2D eigenvalue weighted by atomic mass is 16.6. The summed E-state index contributed by atoms with van der Waals surface area (Å²) in [6.07, 6.45) is 0. The molecular formula is C14H14N4O3. The van der Waals surface area contributed by atoms with E-state index >= 15 is 0 Å². The van der Waals surface area contributed by atoms with Gasteiger partial charge in [0.25, 0.3) is 5.69 Å². The molecule has 7 nitrogen and oxygen atoms in total. The Labute approximate surface area is 121 Å². The van der Waals surface area contributed by atoms with Gasteiger partial charge in [0.1, 0.15) is 5.82 Å². The molecule has 1 aromatic heterocycles. The van der Waals surface area contributed by atoms with Crippen molar-refractivity contribution in [3.05, 3.63) is 39.9 Å². The average molecular weight is 286 g/mol. The van der Waals surface area contributed by atoms with Gasteiger partial charge >= 0.3 is 0 Å². The molecule has 0 aliphatic carbocycles. The number of nitro groups is 1. The van der Waals surface area contributed by atoms with E-state index in [-0.39, 0.29) is 11.7 Å². The SMILES string of the molecule is COCC(C)Nc1cc(C#N)c2cc([N+](=O)[O-])ccc2n1. The second-order valence-corrected chi connectivity index (χ2v) is 4.63. The Balaban J connectivity index is 2.47. The molecule has 0 bridgehead atoms. The number of nitrogens with one attached hydrogen (secondary N) is 1. The van der Waals surface area contributed by atoms with Crippen molar-refractivity contribution in [2.45, 2.75) is 13.0 Å². The normalized spacial score (nSPS) is 11.9. The Morgan fingerprint density at radius 1 is 1.52 bits per heavy atom. The van der Waals surface area contributed by atoms with Crippen LogP contribution in [-0.2, 0) is 4.74 Å². The van der Waals surface area contributed by atoms with Gasteiger partial charge in [0.05, 0.1) is 28.7 Å². The first-order chi connectivity index (χ1) is 10.0. The number of nitro benzene ring substituents is 1. The van der Waals surface area contributed by atoms with Crippen LogP contribution >= 0.6 is 0 Å². The van der Waals surface area contributed by atoms with E-state index < -0.39 is 4.92 Å². The van der Waals surface area contributed by atoms with Crippen LogP contribution in [0.1, 0.15) is 12.5 Å². The molecule has 21 heavy (non-hydrogen) atoms. The van der Waals surface area contributed by atoms with Gasteiger partial charge in [0.2, 0.25) is 0 Å². The molecule has 7 heteroatoms. The fourth-order valence-electron chi connectivity index (χ4n) is 2.04. The fraction of sp³-hybridized carbons (Fsp3) is 0.286. The smallest absolute Gasteiger partial charge is 0.270 e. The van der Waals surface area contributed by atoms with E-state index in [9.17, 15) is 15.4 Å². The van der Waals surface area contributed by atoms with E-state index in [4.69, 9.17) is 4.74 Å². The molecule has 2 rings (SSSR count). The van der Waals surface area contributed by atoms with Gasteiger partial charge in [-0.15, -0.1) is 0 Å². The number of ether oxygens (including phenoxy) is 1. The minimum Gasteiger partial charge on any atom is -0.383 e. The summed E-state index contributed by atoms with van der Waals surface area (Å²) in [6, 6.07) is 7.94. The molecule has 0 aliphatic heterocycles. The predicted molar refractivity (Wildman–Crippen MR) is 78.1 cm³/mol. The highest BCUT2D eigenvalue weighted by Crippen LogP contribution is 2.25. The van der Waals surface area contributed by atoms with Crippen molar-refractivity contribution < 1.29 is 9.66 Å².